The van der Waals surface area contributed by atoms with Crippen LogP contribution in [0.15, 0.2) is 46.7 Å². The molecule has 0 bridgehead atoms. The summed E-state index contributed by atoms with van der Waals surface area (Å²) in [6, 6.07) is 10.0. The zero-order valence-electron chi connectivity index (χ0n) is 14.4. The first-order chi connectivity index (χ1) is 12.6. The fourth-order valence-corrected chi connectivity index (χ4v) is 4.95. The van der Waals surface area contributed by atoms with Crippen molar-refractivity contribution >= 4 is 27.3 Å². The molecule has 26 heavy (non-hydrogen) atoms. The smallest absolute Gasteiger partial charge is 0.261 e. The van der Waals surface area contributed by atoms with Gasteiger partial charge < -0.3 is 10.1 Å². The zero-order chi connectivity index (χ0) is 18.4. The van der Waals surface area contributed by atoms with E-state index in [9.17, 15) is 13.2 Å². The number of hydrogen-bond donors (Lipinski definition) is 1. The van der Waals surface area contributed by atoms with Gasteiger partial charge in [0, 0.05) is 13.1 Å². The van der Waals surface area contributed by atoms with Crippen LogP contribution < -0.4 is 10.1 Å². The molecule has 0 unspecified atom stereocenters. The molecule has 0 aliphatic carbocycles. The first-order valence-corrected chi connectivity index (χ1v) is 10.9. The van der Waals surface area contributed by atoms with Crippen LogP contribution in [0.3, 0.4) is 0 Å². The molecule has 1 aromatic carbocycles. The number of nitrogens with zero attached hydrogens (tertiary/aromatic N) is 1. The summed E-state index contributed by atoms with van der Waals surface area (Å²) in [5.74, 6) is 0.458. The largest absolute Gasteiger partial charge is 0.492 e. The molecule has 1 aromatic heterocycles. The van der Waals surface area contributed by atoms with Crippen molar-refractivity contribution in [3.63, 3.8) is 0 Å². The predicted molar refractivity (Wildman–Crippen MR) is 101 cm³/mol. The lowest BCUT2D eigenvalue weighted by atomic mass is 10.2. The molecule has 1 amide bonds. The van der Waals surface area contributed by atoms with E-state index in [1.54, 1.807) is 34.6 Å². The highest BCUT2D eigenvalue weighted by Crippen LogP contribution is 2.22. The summed E-state index contributed by atoms with van der Waals surface area (Å²) in [6.07, 6.45) is 2.91. The summed E-state index contributed by atoms with van der Waals surface area (Å²) < 4.78 is 32.3. The molecule has 8 heteroatoms. The molecular weight excluding hydrogens is 372 g/mol. The Kier molecular flexibility index (Phi) is 6.29. The number of piperidine rings is 1. The van der Waals surface area contributed by atoms with Crippen LogP contribution in [-0.4, -0.2) is 44.9 Å². The first kappa shape index (κ1) is 18.9. The second-order valence-corrected chi connectivity index (χ2v) is 8.90. The van der Waals surface area contributed by atoms with Crippen molar-refractivity contribution in [3.05, 3.63) is 46.7 Å². The van der Waals surface area contributed by atoms with Crippen LogP contribution in [-0.2, 0) is 10.0 Å². The molecule has 0 radical (unpaired) electrons. The molecular formula is C18H22N2O4S2. The lowest BCUT2D eigenvalue weighted by Gasteiger charge is -2.25. The summed E-state index contributed by atoms with van der Waals surface area (Å²) >= 11 is 1.39. The predicted octanol–water partition coefficient (Wildman–Crippen LogP) is 2.73. The quantitative estimate of drug-likeness (QED) is 0.733. The van der Waals surface area contributed by atoms with E-state index in [2.05, 4.69) is 5.32 Å². The lowest BCUT2D eigenvalue weighted by Crippen LogP contribution is -2.35. The minimum Gasteiger partial charge on any atom is -0.492 e. The van der Waals surface area contributed by atoms with Gasteiger partial charge in [-0.25, -0.2) is 8.42 Å². The van der Waals surface area contributed by atoms with E-state index < -0.39 is 10.0 Å². The molecule has 1 aliphatic rings. The number of benzene rings is 1. The molecule has 0 spiro atoms. The van der Waals surface area contributed by atoms with Gasteiger partial charge in [0.2, 0.25) is 10.0 Å². The van der Waals surface area contributed by atoms with Gasteiger partial charge in [0.1, 0.15) is 12.4 Å². The van der Waals surface area contributed by atoms with Crippen molar-refractivity contribution in [1.82, 2.24) is 9.62 Å². The van der Waals surface area contributed by atoms with Crippen molar-refractivity contribution in [2.75, 3.05) is 26.2 Å². The van der Waals surface area contributed by atoms with Crippen LogP contribution in [0.25, 0.3) is 0 Å². The molecule has 0 atom stereocenters. The molecule has 3 rings (SSSR count). The molecule has 1 aliphatic heterocycles. The highest BCUT2D eigenvalue weighted by atomic mass is 32.2. The summed E-state index contributed by atoms with van der Waals surface area (Å²) in [6.45, 7) is 1.87. The van der Waals surface area contributed by atoms with Crippen LogP contribution in [0, 0.1) is 0 Å². The van der Waals surface area contributed by atoms with Gasteiger partial charge in [-0.3, -0.25) is 4.79 Å². The summed E-state index contributed by atoms with van der Waals surface area (Å²) in [5, 5.41) is 4.63. The standard InChI is InChI=1S/C18H22N2O4S2/c21-18(17-5-4-14-25-17)19-10-13-24-15-6-8-16(9-7-15)26(22,23)20-11-2-1-3-12-20/h4-9,14H,1-3,10-13H2,(H,19,21). The molecule has 2 heterocycles. The highest BCUT2D eigenvalue weighted by molar-refractivity contribution is 7.89. The third-order valence-electron chi connectivity index (χ3n) is 4.18. The number of rotatable bonds is 7. The van der Waals surface area contributed by atoms with E-state index in [0.717, 1.165) is 19.3 Å². The second kappa shape index (κ2) is 8.66. The minimum atomic E-state index is -3.42. The fourth-order valence-electron chi connectivity index (χ4n) is 2.79. The maximum Gasteiger partial charge on any atom is 0.261 e. The normalized spacial score (nSPS) is 15.5. The summed E-state index contributed by atoms with van der Waals surface area (Å²) in [5.41, 5.74) is 0. The molecule has 2 aromatic rings. The molecule has 1 saturated heterocycles. The van der Waals surface area contributed by atoms with Crippen LogP contribution in [0.2, 0.25) is 0 Å². The van der Waals surface area contributed by atoms with Gasteiger partial charge in [-0.2, -0.15) is 4.31 Å². The van der Waals surface area contributed by atoms with Crippen LogP contribution in [0.1, 0.15) is 28.9 Å². The van der Waals surface area contributed by atoms with Gasteiger partial charge in [0.25, 0.3) is 5.91 Å². The number of hydrogen-bond acceptors (Lipinski definition) is 5. The van der Waals surface area contributed by atoms with Crippen molar-refractivity contribution in [2.24, 2.45) is 0 Å². The van der Waals surface area contributed by atoms with Crippen molar-refractivity contribution in [1.29, 1.82) is 0 Å². The Labute approximate surface area is 157 Å². The second-order valence-electron chi connectivity index (χ2n) is 6.02. The average molecular weight is 395 g/mol. The molecule has 1 fully saturated rings. The number of carbonyl (C=O) groups excluding carboxylic acids is 1. The number of thiophene rings is 1. The van der Waals surface area contributed by atoms with Gasteiger partial charge in [-0.1, -0.05) is 12.5 Å². The average Bonchev–Trinajstić information content (AvgIpc) is 3.21. The maximum atomic E-state index is 12.6. The van der Waals surface area contributed by atoms with Gasteiger partial charge >= 0.3 is 0 Å². The van der Waals surface area contributed by atoms with Gasteiger partial charge in [0.15, 0.2) is 0 Å². The van der Waals surface area contributed by atoms with Crippen LogP contribution in [0.4, 0.5) is 0 Å². The number of ether oxygens (including phenoxy) is 1. The molecule has 1 N–H and O–H groups in total. The Morgan fingerprint density at radius 2 is 1.85 bits per heavy atom. The van der Waals surface area contributed by atoms with Crippen molar-refractivity contribution < 1.29 is 17.9 Å². The highest BCUT2D eigenvalue weighted by Gasteiger charge is 2.25. The zero-order valence-corrected chi connectivity index (χ0v) is 16.0. The van der Waals surface area contributed by atoms with E-state index in [-0.39, 0.29) is 10.8 Å². The van der Waals surface area contributed by atoms with Crippen LogP contribution >= 0.6 is 11.3 Å². The third kappa shape index (κ3) is 4.63. The van der Waals surface area contributed by atoms with E-state index in [1.165, 1.54) is 11.3 Å². The Hall–Kier alpha value is -1.90. The summed E-state index contributed by atoms with van der Waals surface area (Å²) in [7, 11) is -3.42. The molecule has 0 saturated carbocycles. The Bertz CT molecular complexity index is 811. The fraction of sp³-hybridized carbons (Fsp3) is 0.389. The van der Waals surface area contributed by atoms with E-state index in [0.29, 0.717) is 36.9 Å². The Balaban J connectivity index is 1.49. The SMILES string of the molecule is O=C(NCCOc1ccc(S(=O)(=O)N2CCCCC2)cc1)c1cccs1. The van der Waals surface area contributed by atoms with E-state index in [4.69, 9.17) is 4.74 Å². The molecule has 6 nitrogen and oxygen atoms in total. The van der Waals surface area contributed by atoms with Gasteiger partial charge in [0.05, 0.1) is 16.3 Å². The Morgan fingerprint density at radius 3 is 2.50 bits per heavy atom. The number of carbonyl (C=O) groups is 1. The summed E-state index contributed by atoms with van der Waals surface area (Å²) in [4.78, 5) is 12.7. The number of nitrogens with one attached hydrogen (secondary N) is 1. The first-order valence-electron chi connectivity index (χ1n) is 8.62. The van der Waals surface area contributed by atoms with Crippen molar-refractivity contribution in [3.8, 4) is 5.75 Å². The van der Waals surface area contributed by atoms with Gasteiger partial charge in [-0.05, 0) is 48.6 Å². The maximum absolute atomic E-state index is 12.6. The molecule has 140 valence electrons. The Morgan fingerprint density at radius 1 is 1.12 bits per heavy atom. The topological polar surface area (TPSA) is 75.7 Å². The lowest BCUT2D eigenvalue weighted by molar-refractivity contribution is 0.0951. The van der Waals surface area contributed by atoms with Gasteiger partial charge in [-0.15, -0.1) is 11.3 Å². The monoisotopic (exact) mass is 394 g/mol. The van der Waals surface area contributed by atoms with Crippen LogP contribution in [0.5, 0.6) is 5.75 Å². The number of amides is 1. The van der Waals surface area contributed by atoms with Crippen molar-refractivity contribution in [2.45, 2.75) is 24.2 Å². The van der Waals surface area contributed by atoms with E-state index in [1.807, 2.05) is 11.4 Å². The van der Waals surface area contributed by atoms with E-state index >= 15 is 0 Å². The number of sulfonamides is 1. The third-order valence-corrected chi connectivity index (χ3v) is 6.96. The minimum absolute atomic E-state index is 0.119.